The van der Waals surface area contributed by atoms with Crippen LogP contribution < -0.4 is 5.32 Å². The number of benzene rings is 3. The molecule has 1 atom stereocenters. The number of nitrogens with one attached hydrogen (secondary N) is 1. The second-order valence-electron chi connectivity index (χ2n) is 10.4. The summed E-state index contributed by atoms with van der Waals surface area (Å²) in [6.45, 7) is 4.37. The van der Waals surface area contributed by atoms with Crippen molar-refractivity contribution in [1.29, 1.82) is 0 Å². The van der Waals surface area contributed by atoms with E-state index in [9.17, 15) is 9.59 Å². The van der Waals surface area contributed by atoms with E-state index in [1.165, 1.54) is 12.0 Å². The molecule has 4 nitrogen and oxygen atoms in total. The SMILES string of the molecule is Cc1ccc(CC(=O)N(Cc2ccc(Cl)c(Cl)c2)[C@@H](Cc2ccccc2)C(=O)NC2CCCCC2)cc1C. The second kappa shape index (κ2) is 13.3. The number of rotatable bonds is 9. The molecule has 200 valence electrons. The summed E-state index contributed by atoms with van der Waals surface area (Å²) in [7, 11) is 0. The molecule has 1 aliphatic rings. The molecule has 0 bridgehead atoms. The number of nitrogens with zero attached hydrogens (tertiary/aromatic N) is 1. The molecule has 1 saturated carbocycles. The van der Waals surface area contributed by atoms with Crippen molar-refractivity contribution in [2.24, 2.45) is 0 Å². The zero-order chi connectivity index (χ0) is 27.1. The van der Waals surface area contributed by atoms with E-state index in [0.29, 0.717) is 16.5 Å². The molecule has 0 heterocycles. The number of halogens is 2. The van der Waals surface area contributed by atoms with Crippen molar-refractivity contribution in [3.63, 3.8) is 0 Å². The molecule has 0 radical (unpaired) electrons. The highest BCUT2D eigenvalue weighted by atomic mass is 35.5. The van der Waals surface area contributed by atoms with Crippen LogP contribution in [0.1, 0.15) is 59.9 Å². The van der Waals surface area contributed by atoms with Gasteiger partial charge in [-0.15, -0.1) is 0 Å². The van der Waals surface area contributed by atoms with Crippen LogP contribution in [0.25, 0.3) is 0 Å². The first-order chi connectivity index (χ1) is 18.3. The fourth-order valence-electron chi connectivity index (χ4n) is 5.12. The molecule has 0 unspecified atom stereocenters. The minimum absolute atomic E-state index is 0.0981. The summed E-state index contributed by atoms with van der Waals surface area (Å²) in [6, 6.07) is 20.8. The number of amides is 2. The Morgan fingerprint density at radius 3 is 2.24 bits per heavy atom. The van der Waals surface area contributed by atoms with Crippen LogP contribution in [0.4, 0.5) is 0 Å². The fourth-order valence-corrected chi connectivity index (χ4v) is 5.44. The van der Waals surface area contributed by atoms with Gasteiger partial charge in [0.1, 0.15) is 6.04 Å². The average molecular weight is 552 g/mol. The standard InChI is InChI=1S/C32H36Cl2N2O2/c1-22-13-14-25(17-23(22)2)20-31(37)36(21-26-15-16-28(33)29(34)18-26)30(19-24-9-5-3-6-10-24)32(38)35-27-11-7-4-8-12-27/h3,5-6,9-10,13-18,27,30H,4,7-8,11-12,19-21H2,1-2H3,(H,35,38)/t30-/m0/s1. The van der Waals surface area contributed by atoms with E-state index in [0.717, 1.165) is 47.9 Å². The highest BCUT2D eigenvalue weighted by Crippen LogP contribution is 2.25. The Morgan fingerprint density at radius 2 is 1.55 bits per heavy atom. The van der Waals surface area contributed by atoms with Crippen molar-refractivity contribution in [2.45, 2.75) is 77.4 Å². The molecule has 0 spiro atoms. The van der Waals surface area contributed by atoms with Crippen molar-refractivity contribution in [1.82, 2.24) is 10.2 Å². The van der Waals surface area contributed by atoms with Gasteiger partial charge in [0.2, 0.25) is 11.8 Å². The molecule has 6 heteroatoms. The second-order valence-corrected chi connectivity index (χ2v) is 11.2. The Balaban J connectivity index is 1.67. The minimum Gasteiger partial charge on any atom is -0.352 e. The fraction of sp³-hybridized carbons (Fsp3) is 0.375. The topological polar surface area (TPSA) is 49.4 Å². The van der Waals surface area contributed by atoms with Gasteiger partial charge in [-0.05, 0) is 66.6 Å². The molecule has 0 aromatic heterocycles. The third-order valence-electron chi connectivity index (χ3n) is 7.49. The van der Waals surface area contributed by atoms with Gasteiger partial charge in [-0.2, -0.15) is 0 Å². The van der Waals surface area contributed by atoms with Gasteiger partial charge in [-0.3, -0.25) is 9.59 Å². The van der Waals surface area contributed by atoms with Crippen molar-refractivity contribution in [3.05, 3.63) is 105 Å². The van der Waals surface area contributed by atoms with Crippen LogP contribution in [-0.4, -0.2) is 28.8 Å². The maximum absolute atomic E-state index is 14.0. The minimum atomic E-state index is -0.659. The van der Waals surface area contributed by atoms with Gasteiger partial charge in [0, 0.05) is 19.0 Å². The van der Waals surface area contributed by atoms with Gasteiger partial charge in [0.05, 0.1) is 16.5 Å². The van der Waals surface area contributed by atoms with Crippen molar-refractivity contribution >= 4 is 35.0 Å². The van der Waals surface area contributed by atoms with Gasteiger partial charge < -0.3 is 10.2 Å². The largest absolute Gasteiger partial charge is 0.352 e. The van der Waals surface area contributed by atoms with Crippen molar-refractivity contribution < 1.29 is 9.59 Å². The van der Waals surface area contributed by atoms with Crippen molar-refractivity contribution in [2.75, 3.05) is 0 Å². The number of hydrogen-bond donors (Lipinski definition) is 1. The van der Waals surface area contributed by atoms with Crippen LogP contribution in [0.3, 0.4) is 0 Å². The summed E-state index contributed by atoms with van der Waals surface area (Å²) in [5, 5.41) is 4.17. The first-order valence-electron chi connectivity index (χ1n) is 13.4. The molecular weight excluding hydrogens is 515 g/mol. The molecule has 0 saturated heterocycles. The van der Waals surface area contributed by atoms with Crippen LogP contribution in [0, 0.1) is 13.8 Å². The summed E-state index contributed by atoms with van der Waals surface area (Å²) in [6.07, 6.45) is 6.04. The Morgan fingerprint density at radius 1 is 0.842 bits per heavy atom. The van der Waals surface area contributed by atoms with E-state index in [-0.39, 0.29) is 30.8 Å². The van der Waals surface area contributed by atoms with E-state index in [1.54, 1.807) is 17.0 Å². The highest BCUT2D eigenvalue weighted by Gasteiger charge is 2.32. The Hall–Kier alpha value is -2.82. The molecule has 38 heavy (non-hydrogen) atoms. The number of carbonyl (C=O) groups excluding carboxylic acids is 2. The quantitative estimate of drug-likeness (QED) is 0.305. The zero-order valence-corrected chi connectivity index (χ0v) is 23.7. The number of hydrogen-bond acceptors (Lipinski definition) is 2. The first kappa shape index (κ1) is 28.2. The van der Waals surface area contributed by atoms with E-state index in [2.05, 4.69) is 18.3 Å². The Labute approximate surface area is 236 Å². The van der Waals surface area contributed by atoms with E-state index in [4.69, 9.17) is 23.2 Å². The molecule has 1 N–H and O–H groups in total. The predicted octanol–water partition coefficient (Wildman–Crippen LogP) is 7.24. The Kier molecular flexibility index (Phi) is 9.87. The summed E-state index contributed by atoms with van der Waals surface area (Å²) in [5.74, 6) is -0.201. The molecule has 3 aromatic carbocycles. The maximum atomic E-state index is 14.0. The lowest BCUT2D eigenvalue weighted by molar-refractivity contribution is -0.141. The zero-order valence-electron chi connectivity index (χ0n) is 22.2. The molecule has 1 aliphatic carbocycles. The van der Waals surface area contributed by atoms with Gasteiger partial charge in [0.25, 0.3) is 0 Å². The molecule has 3 aromatic rings. The van der Waals surface area contributed by atoms with E-state index < -0.39 is 6.04 Å². The molecule has 2 amide bonds. The van der Waals surface area contributed by atoms with E-state index in [1.807, 2.05) is 55.5 Å². The first-order valence-corrected chi connectivity index (χ1v) is 14.2. The lowest BCUT2D eigenvalue weighted by atomic mass is 9.94. The van der Waals surface area contributed by atoms with Crippen LogP contribution in [-0.2, 0) is 29.0 Å². The maximum Gasteiger partial charge on any atom is 0.243 e. The predicted molar refractivity (Wildman–Crippen MR) is 156 cm³/mol. The molecule has 1 fully saturated rings. The van der Waals surface area contributed by atoms with Crippen LogP contribution in [0.2, 0.25) is 10.0 Å². The van der Waals surface area contributed by atoms with Crippen molar-refractivity contribution in [3.8, 4) is 0 Å². The van der Waals surface area contributed by atoms with Gasteiger partial charge in [0.15, 0.2) is 0 Å². The smallest absolute Gasteiger partial charge is 0.243 e. The Bertz CT molecular complexity index is 1260. The third-order valence-corrected chi connectivity index (χ3v) is 8.23. The normalized spacial score (nSPS) is 14.6. The average Bonchev–Trinajstić information content (AvgIpc) is 2.91. The number of carbonyl (C=O) groups is 2. The summed E-state index contributed by atoms with van der Waals surface area (Å²) < 4.78 is 0. The van der Waals surface area contributed by atoms with Gasteiger partial charge in [-0.25, -0.2) is 0 Å². The molecule has 0 aliphatic heterocycles. The number of aryl methyl sites for hydroxylation is 2. The van der Waals surface area contributed by atoms with Crippen LogP contribution in [0.5, 0.6) is 0 Å². The van der Waals surface area contributed by atoms with E-state index >= 15 is 0 Å². The van der Waals surface area contributed by atoms with Crippen LogP contribution >= 0.6 is 23.2 Å². The summed E-state index contributed by atoms with van der Waals surface area (Å²) in [5.41, 5.74) is 5.10. The summed E-state index contributed by atoms with van der Waals surface area (Å²) in [4.78, 5) is 29.6. The van der Waals surface area contributed by atoms with Gasteiger partial charge in [-0.1, -0.05) is 97.1 Å². The van der Waals surface area contributed by atoms with Crippen LogP contribution in [0.15, 0.2) is 66.7 Å². The summed E-state index contributed by atoms with van der Waals surface area (Å²) >= 11 is 12.5. The molecular formula is C32H36Cl2N2O2. The third kappa shape index (κ3) is 7.61. The lowest BCUT2D eigenvalue weighted by Crippen LogP contribution is -2.53. The highest BCUT2D eigenvalue weighted by molar-refractivity contribution is 6.42. The van der Waals surface area contributed by atoms with Gasteiger partial charge >= 0.3 is 0 Å². The molecule has 4 rings (SSSR count). The monoisotopic (exact) mass is 550 g/mol. The lowest BCUT2D eigenvalue weighted by Gasteiger charge is -2.33.